The molecular formula is C12H11F3N2O. The molecule has 0 saturated carbocycles. The summed E-state index contributed by atoms with van der Waals surface area (Å²) in [5.74, 6) is -0.597. The molecule has 2 rings (SSSR count). The first-order valence-electron chi connectivity index (χ1n) is 5.45. The normalized spacial score (nSPS) is 11.7. The van der Waals surface area contributed by atoms with E-state index >= 15 is 0 Å². The van der Waals surface area contributed by atoms with Gasteiger partial charge in [0.2, 0.25) is 5.76 Å². The van der Waals surface area contributed by atoms with Crippen LogP contribution in [0.4, 0.5) is 13.2 Å². The van der Waals surface area contributed by atoms with Crippen molar-refractivity contribution in [1.82, 2.24) is 9.97 Å². The Bertz CT molecular complexity index is 494. The van der Waals surface area contributed by atoms with Crippen molar-refractivity contribution in [3.8, 4) is 0 Å². The van der Waals surface area contributed by atoms with Gasteiger partial charge >= 0.3 is 6.18 Å². The predicted molar refractivity (Wildman–Crippen MR) is 57.8 cm³/mol. The number of hydrogen-bond acceptors (Lipinski definition) is 3. The first kappa shape index (κ1) is 12.6. The number of aryl methyl sites for hydroxylation is 2. The van der Waals surface area contributed by atoms with Crippen LogP contribution in [0.5, 0.6) is 0 Å². The van der Waals surface area contributed by atoms with E-state index in [0.29, 0.717) is 25.0 Å². The van der Waals surface area contributed by atoms with Gasteiger partial charge in [0.05, 0.1) is 0 Å². The third-order valence-corrected chi connectivity index (χ3v) is 2.44. The predicted octanol–water partition coefficient (Wildman–Crippen LogP) is 3.26. The summed E-state index contributed by atoms with van der Waals surface area (Å²) in [6.07, 6.45) is 2.27. The molecule has 0 amide bonds. The molecule has 2 aromatic heterocycles. The Kier molecular flexibility index (Phi) is 3.64. The molecule has 0 radical (unpaired) electrons. The van der Waals surface area contributed by atoms with Gasteiger partial charge in [0.1, 0.15) is 12.1 Å². The second-order valence-corrected chi connectivity index (χ2v) is 3.86. The monoisotopic (exact) mass is 256 g/mol. The molecule has 0 unspecified atom stereocenters. The van der Waals surface area contributed by atoms with E-state index in [9.17, 15) is 13.2 Å². The van der Waals surface area contributed by atoms with Crippen LogP contribution >= 0.6 is 0 Å². The van der Waals surface area contributed by atoms with E-state index in [2.05, 4.69) is 9.97 Å². The molecule has 0 aliphatic carbocycles. The number of halogens is 3. The topological polar surface area (TPSA) is 38.9 Å². The van der Waals surface area contributed by atoms with E-state index < -0.39 is 11.9 Å². The van der Waals surface area contributed by atoms with Gasteiger partial charge in [0.25, 0.3) is 0 Å². The molecule has 3 nitrogen and oxygen atoms in total. The van der Waals surface area contributed by atoms with Crippen LogP contribution in [0.25, 0.3) is 0 Å². The third-order valence-electron chi connectivity index (χ3n) is 2.44. The van der Waals surface area contributed by atoms with E-state index in [4.69, 9.17) is 4.42 Å². The largest absolute Gasteiger partial charge is 0.457 e. The summed E-state index contributed by atoms with van der Waals surface area (Å²) < 4.78 is 41.6. The molecule has 0 N–H and O–H groups in total. The number of hydrogen-bond donors (Lipinski definition) is 0. The van der Waals surface area contributed by atoms with Crippen LogP contribution in [0, 0.1) is 0 Å². The van der Waals surface area contributed by atoms with Gasteiger partial charge in [0, 0.05) is 18.8 Å². The SMILES string of the molecule is FC(F)(F)c1ccc(CCCc2cncnc2)o1. The van der Waals surface area contributed by atoms with Gasteiger partial charge < -0.3 is 4.42 Å². The summed E-state index contributed by atoms with van der Waals surface area (Å²) in [6.45, 7) is 0. The zero-order chi connectivity index (χ0) is 13.0. The van der Waals surface area contributed by atoms with Crippen molar-refractivity contribution in [3.63, 3.8) is 0 Å². The number of aromatic nitrogens is 2. The lowest BCUT2D eigenvalue weighted by atomic mass is 10.1. The lowest BCUT2D eigenvalue weighted by Gasteiger charge is -2.01. The molecule has 2 heterocycles. The molecule has 18 heavy (non-hydrogen) atoms. The van der Waals surface area contributed by atoms with Crippen molar-refractivity contribution < 1.29 is 17.6 Å². The Hall–Kier alpha value is -1.85. The van der Waals surface area contributed by atoms with Gasteiger partial charge in [0.15, 0.2) is 0 Å². The smallest absolute Gasteiger partial charge is 0.449 e. The standard InChI is InChI=1S/C12H11F3N2O/c13-12(14,15)11-5-4-10(18-11)3-1-2-9-6-16-8-17-7-9/h4-8H,1-3H2. The van der Waals surface area contributed by atoms with Gasteiger partial charge in [-0.3, -0.25) is 0 Å². The second kappa shape index (κ2) is 5.20. The van der Waals surface area contributed by atoms with Crippen LogP contribution in [-0.4, -0.2) is 9.97 Å². The van der Waals surface area contributed by atoms with Crippen molar-refractivity contribution >= 4 is 0 Å². The van der Waals surface area contributed by atoms with E-state index in [-0.39, 0.29) is 0 Å². The Morgan fingerprint density at radius 1 is 1.06 bits per heavy atom. The number of furan rings is 1. The van der Waals surface area contributed by atoms with Crippen molar-refractivity contribution in [1.29, 1.82) is 0 Å². The van der Waals surface area contributed by atoms with Crippen LogP contribution in [0.1, 0.15) is 23.5 Å². The molecule has 2 aromatic rings. The number of alkyl halides is 3. The minimum absolute atomic E-state index is 0.346. The summed E-state index contributed by atoms with van der Waals surface area (Å²) in [5.41, 5.74) is 0.958. The Morgan fingerprint density at radius 3 is 2.39 bits per heavy atom. The molecule has 6 heteroatoms. The van der Waals surface area contributed by atoms with Gasteiger partial charge in [-0.15, -0.1) is 0 Å². The minimum atomic E-state index is -4.41. The molecule has 0 fully saturated rings. The molecule has 0 aliphatic rings. The van der Waals surface area contributed by atoms with Crippen LogP contribution in [0.15, 0.2) is 35.3 Å². The highest BCUT2D eigenvalue weighted by Gasteiger charge is 2.34. The first-order valence-corrected chi connectivity index (χ1v) is 5.45. The highest BCUT2D eigenvalue weighted by Crippen LogP contribution is 2.30. The Labute approximate surface area is 102 Å². The average Bonchev–Trinajstić information content (AvgIpc) is 2.79. The quantitative estimate of drug-likeness (QED) is 0.842. The van der Waals surface area contributed by atoms with Crippen LogP contribution in [0.2, 0.25) is 0 Å². The summed E-state index contributed by atoms with van der Waals surface area (Å²) in [4.78, 5) is 7.73. The fourth-order valence-corrected chi connectivity index (χ4v) is 1.59. The van der Waals surface area contributed by atoms with Gasteiger partial charge in [-0.25, -0.2) is 9.97 Å². The molecule has 0 aromatic carbocycles. The highest BCUT2D eigenvalue weighted by molar-refractivity contribution is 5.10. The lowest BCUT2D eigenvalue weighted by Crippen LogP contribution is -2.02. The van der Waals surface area contributed by atoms with E-state index in [0.717, 1.165) is 11.6 Å². The molecular weight excluding hydrogens is 245 g/mol. The summed E-state index contributed by atoms with van der Waals surface area (Å²) in [7, 11) is 0. The summed E-state index contributed by atoms with van der Waals surface area (Å²) in [5, 5.41) is 0. The number of rotatable bonds is 4. The second-order valence-electron chi connectivity index (χ2n) is 3.86. The average molecular weight is 256 g/mol. The minimum Gasteiger partial charge on any atom is -0.457 e. The van der Waals surface area contributed by atoms with Gasteiger partial charge in [-0.1, -0.05) is 0 Å². The zero-order valence-electron chi connectivity index (χ0n) is 9.44. The molecule has 96 valence electrons. The van der Waals surface area contributed by atoms with Gasteiger partial charge in [-0.05, 0) is 30.5 Å². The Balaban J connectivity index is 1.86. The zero-order valence-corrected chi connectivity index (χ0v) is 9.44. The molecule has 0 aliphatic heterocycles. The van der Waals surface area contributed by atoms with Crippen LogP contribution in [-0.2, 0) is 19.0 Å². The van der Waals surface area contributed by atoms with E-state index in [1.165, 1.54) is 12.4 Å². The van der Waals surface area contributed by atoms with Crippen molar-refractivity contribution in [2.24, 2.45) is 0 Å². The van der Waals surface area contributed by atoms with Crippen LogP contribution < -0.4 is 0 Å². The third kappa shape index (κ3) is 3.32. The van der Waals surface area contributed by atoms with Crippen molar-refractivity contribution in [2.45, 2.75) is 25.4 Å². The number of nitrogens with zero attached hydrogens (tertiary/aromatic N) is 2. The summed E-state index contributed by atoms with van der Waals surface area (Å²) >= 11 is 0. The molecule has 0 atom stereocenters. The van der Waals surface area contributed by atoms with E-state index in [1.54, 1.807) is 12.4 Å². The maximum atomic E-state index is 12.3. The van der Waals surface area contributed by atoms with Crippen LogP contribution in [0.3, 0.4) is 0 Å². The lowest BCUT2D eigenvalue weighted by molar-refractivity contribution is -0.153. The fourth-order valence-electron chi connectivity index (χ4n) is 1.59. The first-order chi connectivity index (χ1) is 8.55. The highest BCUT2D eigenvalue weighted by atomic mass is 19.4. The fraction of sp³-hybridized carbons (Fsp3) is 0.333. The molecule has 0 spiro atoms. The maximum absolute atomic E-state index is 12.3. The summed E-state index contributed by atoms with van der Waals surface area (Å²) in [6, 6.07) is 2.32. The maximum Gasteiger partial charge on any atom is 0.449 e. The molecule has 0 saturated heterocycles. The van der Waals surface area contributed by atoms with Gasteiger partial charge in [-0.2, -0.15) is 13.2 Å². The van der Waals surface area contributed by atoms with Crippen molar-refractivity contribution in [3.05, 3.63) is 47.9 Å². The Morgan fingerprint density at radius 2 is 1.78 bits per heavy atom. The molecule has 0 bridgehead atoms. The van der Waals surface area contributed by atoms with E-state index in [1.807, 2.05) is 0 Å². The van der Waals surface area contributed by atoms with Crippen molar-refractivity contribution in [2.75, 3.05) is 0 Å².